The third-order valence-corrected chi connectivity index (χ3v) is 9.52. The molecule has 15 nitrogen and oxygen atoms in total. The zero-order valence-corrected chi connectivity index (χ0v) is 24.4. The summed E-state index contributed by atoms with van der Waals surface area (Å²) in [6, 6.07) is 17.9. The van der Waals surface area contributed by atoms with Crippen molar-refractivity contribution in [2.45, 2.75) is 13.3 Å². The van der Waals surface area contributed by atoms with E-state index < -0.39 is 27.6 Å². The van der Waals surface area contributed by atoms with Gasteiger partial charge in [0.1, 0.15) is 6.54 Å². The average Bonchev–Trinajstić information content (AvgIpc) is 3.28. The lowest BCUT2D eigenvalue weighted by molar-refractivity contribution is -0.664. The van der Waals surface area contributed by atoms with E-state index in [4.69, 9.17) is 15.0 Å². The predicted octanol–water partition coefficient (Wildman–Crippen LogP) is 2.19. The Bertz CT molecular complexity index is 1720. The summed E-state index contributed by atoms with van der Waals surface area (Å²) in [6.45, 7) is 2.90. The van der Waals surface area contributed by atoms with E-state index in [0.717, 1.165) is 33.8 Å². The van der Waals surface area contributed by atoms with Crippen molar-refractivity contribution in [2.75, 3.05) is 26.0 Å². The fourth-order valence-electron chi connectivity index (χ4n) is 3.94. The van der Waals surface area contributed by atoms with Gasteiger partial charge in [-0.2, -0.15) is 9.55 Å². The number of ether oxygens (including phenoxy) is 1. The van der Waals surface area contributed by atoms with Crippen molar-refractivity contribution in [3.05, 3.63) is 89.2 Å². The first-order chi connectivity index (χ1) is 20.0. The average molecular weight is 618 g/mol. The fraction of sp³-hybridized carbons (Fsp3) is 0.200. The summed E-state index contributed by atoms with van der Waals surface area (Å²) >= 11 is 0. The molecule has 2 unspecified atom stereocenters. The molecule has 2 heterocycles. The summed E-state index contributed by atoms with van der Waals surface area (Å²) in [5, 5.41) is 0. The number of H-pyrrole nitrogens is 1. The van der Waals surface area contributed by atoms with E-state index in [0.29, 0.717) is 6.54 Å². The Hall–Kier alpha value is -3.94. The number of aliphatic imine (C=N–C) groups is 1. The van der Waals surface area contributed by atoms with Crippen LogP contribution in [0.3, 0.4) is 0 Å². The van der Waals surface area contributed by atoms with Gasteiger partial charge in [-0.25, -0.2) is 13.7 Å². The van der Waals surface area contributed by atoms with E-state index in [1.165, 1.54) is 7.05 Å². The largest absolute Gasteiger partial charge is 0.412 e. The molecule has 17 heteroatoms. The minimum Gasteiger partial charge on any atom is -0.369 e. The van der Waals surface area contributed by atoms with Crippen molar-refractivity contribution in [1.82, 2.24) is 24.1 Å². The van der Waals surface area contributed by atoms with Crippen LogP contribution >= 0.6 is 15.4 Å². The van der Waals surface area contributed by atoms with Crippen molar-refractivity contribution in [3.8, 4) is 11.1 Å². The maximum Gasteiger partial charge on any atom is 0.412 e. The van der Waals surface area contributed by atoms with Gasteiger partial charge >= 0.3 is 21.0 Å². The molecule has 4 rings (SSSR count). The second-order valence-electron chi connectivity index (χ2n) is 8.99. The van der Waals surface area contributed by atoms with Crippen LogP contribution in [0.4, 0.5) is 5.95 Å². The van der Waals surface area contributed by atoms with Gasteiger partial charge < -0.3 is 20.3 Å². The highest BCUT2D eigenvalue weighted by atomic mass is 31.3. The van der Waals surface area contributed by atoms with Gasteiger partial charge in [0, 0.05) is 19.4 Å². The second-order valence-corrected chi connectivity index (χ2v) is 12.8. The summed E-state index contributed by atoms with van der Waals surface area (Å²) in [6.07, 6.45) is 3.89. The molecule has 0 radical (unpaired) electrons. The number of nitrogens with two attached hydrogens (primary N) is 1. The Balaban J connectivity index is 1.40. The molecular formula is C25H31N8O7P2+. The summed E-state index contributed by atoms with van der Waals surface area (Å²) in [5.41, 5.74) is 9.01. The fourth-order valence-corrected chi connectivity index (χ4v) is 6.61. The lowest BCUT2D eigenvalue weighted by Gasteiger charge is -2.23. The van der Waals surface area contributed by atoms with Crippen LogP contribution < -0.4 is 20.7 Å². The van der Waals surface area contributed by atoms with Crippen LogP contribution in [0.25, 0.3) is 22.3 Å². The van der Waals surface area contributed by atoms with Crippen LogP contribution in [0.2, 0.25) is 0 Å². The first-order valence-corrected chi connectivity index (χ1v) is 15.6. The zero-order chi connectivity index (χ0) is 30.3. The Morgan fingerprint density at radius 2 is 1.86 bits per heavy atom. The Morgan fingerprint density at radius 3 is 2.55 bits per heavy atom. The summed E-state index contributed by atoms with van der Waals surface area (Å²) in [7, 11) is -7.92. The van der Waals surface area contributed by atoms with E-state index in [9.17, 15) is 23.7 Å². The number of nitrogens with one attached hydrogen (secondary N) is 2. The SMILES string of the molecule is C=N/C=C\N(C)P(=O)(O)NP(=O)(O)OCCOCn1c[n+](Cc2ccc(-c3ccccc3)cc2)c2c(=O)[nH]c(N)nc21. The van der Waals surface area contributed by atoms with Crippen molar-refractivity contribution in [1.29, 1.82) is 0 Å². The van der Waals surface area contributed by atoms with E-state index in [1.54, 1.807) is 20.3 Å². The van der Waals surface area contributed by atoms with Gasteiger partial charge in [-0.05, 0) is 23.4 Å². The molecule has 42 heavy (non-hydrogen) atoms. The Labute approximate surface area is 240 Å². The molecule has 0 fully saturated rings. The number of aromatic amines is 1. The smallest absolute Gasteiger partial charge is 0.369 e. The van der Waals surface area contributed by atoms with Crippen molar-refractivity contribution >= 4 is 39.2 Å². The number of imidazole rings is 1. The van der Waals surface area contributed by atoms with Crippen LogP contribution in [0.5, 0.6) is 0 Å². The van der Waals surface area contributed by atoms with E-state index in [2.05, 4.69) is 21.7 Å². The van der Waals surface area contributed by atoms with E-state index in [-0.39, 0.29) is 30.4 Å². The number of anilines is 1. The predicted molar refractivity (Wildman–Crippen MR) is 157 cm³/mol. The highest BCUT2D eigenvalue weighted by molar-refractivity contribution is 7.68. The summed E-state index contributed by atoms with van der Waals surface area (Å²) in [5.74, 6) is -0.0704. The highest BCUT2D eigenvalue weighted by Gasteiger charge is 2.33. The van der Waals surface area contributed by atoms with Crippen molar-refractivity contribution in [3.63, 3.8) is 0 Å². The number of nitrogens with zero attached hydrogens (tertiary/aromatic N) is 5. The lowest BCUT2D eigenvalue weighted by atomic mass is 10.0. The maximum atomic E-state index is 12.8. The molecule has 4 aromatic rings. The van der Waals surface area contributed by atoms with Crippen molar-refractivity contribution in [2.24, 2.45) is 4.99 Å². The maximum absolute atomic E-state index is 12.8. The normalized spacial score (nSPS) is 14.5. The van der Waals surface area contributed by atoms with Gasteiger partial charge in [-0.15, -0.1) is 4.86 Å². The van der Waals surface area contributed by atoms with Crippen LogP contribution in [0.15, 0.2) is 83.1 Å². The molecular weight excluding hydrogens is 586 g/mol. The van der Waals surface area contributed by atoms with Gasteiger partial charge in [0.2, 0.25) is 12.3 Å². The molecule has 0 aliphatic rings. The van der Waals surface area contributed by atoms with Crippen molar-refractivity contribution < 1.29 is 32.7 Å². The number of hydrogen-bond acceptors (Lipinski definition) is 8. The molecule has 0 saturated heterocycles. The van der Waals surface area contributed by atoms with Gasteiger partial charge in [-0.1, -0.05) is 54.6 Å². The minimum atomic E-state index is -4.67. The first kappa shape index (κ1) is 31.0. The molecule has 0 aliphatic heterocycles. The Kier molecular flexibility index (Phi) is 9.86. The molecule has 0 saturated carbocycles. The quantitative estimate of drug-likeness (QED) is 0.0601. The standard InChI is InChI=1S/C25H30N8O7P2/c1-27-12-13-31(2)41(35,36)30-42(37,38)40-15-14-39-18-33-17-32(22-23(33)28-25(26)29-24(22)34)16-19-8-10-21(11-9-19)20-6-4-3-5-7-20/h3-13,17H,1,14-16,18H2,2H3,(H5-,26,28,29,30,34,35,36,37,38)/p+1/b13-12-. The Morgan fingerprint density at radius 1 is 1.17 bits per heavy atom. The first-order valence-electron chi connectivity index (χ1n) is 12.4. The van der Waals surface area contributed by atoms with Crippen LogP contribution in [-0.4, -0.2) is 56.0 Å². The number of aromatic nitrogens is 4. The van der Waals surface area contributed by atoms with Gasteiger partial charge in [0.25, 0.3) is 11.2 Å². The molecule has 0 aliphatic carbocycles. The van der Waals surface area contributed by atoms with Gasteiger partial charge in [0.15, 0.2) is 6.73 Å². The van der Waals surface area contributed by atoms with Crippen LogP contribution in [-0.2, 0) is 31.7 Å². The number of nitrogen functional groups attached to an aromatic ring is 1. The number of rotatable bonds is 14. The van der Waals surface area contributed by atoms with Gasteiger partial charge in [-0.3, -0.25) is 24.0 Å². The van der Waals surface area contributed by atoms with Crippen LogP contribution in [0.1, 0.15) is 5.56 Å². The molecule has 2 aromatic carbocycles. The lowest BCUT2D eigenvalue weighted by Crippen LogP contribution is -2.37. The zero-order valence-electron chi connectivity index (χ0n) is 22.6. The van der Waals surface area contributed by atoms with E-state index >= 15 is 0 Å². The molecule has 0 bridgehead atoms. The summed E-state index contributed by atoms with van der Waals surface area (Å²) < 4.78 is 39.0. The molecule has 2 atom stereocenters. The minimum absolute atomic E-state index is 0.0704. The number of benzene rings is 2. The van der Waals surface area contributed by atoms with Crippen LogP contribution in [0, 0.1) is 0 Å². The molecule has 0 amide bonds. The molecule has 0 spiro atoms. The third-order valence-electron chi connectivity index (χ3n) is 5.94. The third kappa shape index (κ3) is 7.87. The molecule has 222 valence electrons. The van der Waals surface area contributed by atoms with Gasteiger partial charge in [0.05, 0.1) is 13.2 Å². The number of fused-ring (bicyclic) bond motifs is 1. The topological polar surface area (TPSA) is 201 Å². The second kappa shape index (κ2) is 13.4. The van der Waals surface area contributed by atoms with E-state index in [1.807, 2.05) is 54.6 Å². The monoisotopic (exact) mass is 617 g/mol. The highest BCUT2D eigenvalue weighted by Crippen LogP contribution is 2.52. The molecule has 6 N–H and O–H groups in total. The molecule has 2 aromatic heterocycles. The number of hydrogen-bond donors (Lipinski definition) is 5. The summed E-state index contributed by atoms with van der Waals surface area (Å²) in [4.78, 5) is 44.6.